The zero-order valence-corrected chi connectivity index (χ0v) is 21.2. The van der Waals surface area contributed by atoms with Crippen LogP contribution in [-0.4, -0.2) is 40.1 Å². The van der Waals surface area contributed by atoms with Gasteiger partial charge in [-0.05, 0) is 67.4 Å². The summed E-state index contributed by atoms with van der Waals surface area (Å²) < 4.78 is 53.3. The predicted octanol–water partition coefficient (Wildman–Crippen LogP) is 4.99. The van der Waals surface area contributed by atoms with Gasteiger partial charge in [-0.3, -0.25) is 4.79 Å². The molecular formula is C25H25ClN2O5S2. The second-order valence-electron chi connectivity index (χ2n) is 8.26. The molecular weight excluding hydrogens is 508 g/mol. The van der Waals surface area contributed by atoms with Crippen LogP contribution >= 0.6 is 11.6 Å². The Morgan fingerprint density at radius 2 is 1.37 bits per heavy atom. The Morgan fingerprint density at radius 1 is 0.771 bits per heavy atom. The molecule has 3 aromatic carbocycles. The molecule has 1 aliphatic rings. The summed E-state index contributed by atoms with van der Waals surface area (Å²) in [5.41, 5.74) is 0.498. The van der Waals surface area contributed by atoms with Gasteiger partial charge in [0.1, 0.15) is 4.90 Å². The number of sulfone groups is 1. The lowest BCUT2D eigenvalue weighted by atomic mass is 10.2. The molecule has 0 unspecified atom stereocenters. The molecule has 1 fully saturated rings. The Labute approximate surface area is 210 Å². The number of nitrogens with zero attached hydrogens (tertiary/aromatic N) is 1. The normalized spacial score (nSPS) is 15.3. The summed E-state index contributed by atoms with van der Waals surface area (Å²) in [6, 6.07) is 18.0. The first-order chi connectivity index (χ1) is 16.7. The zero-order chi connectivity index (χ0) is 25.1. The van der Waals surface area contributed by atoms with Crippen LogP contribution in [0.3, 0.4) is 0 Å². The van der Waals surface area contributed by atoms with E-state index in [9.17, 15) is 21.6 Å². The SMILES string of the molecule is O=C(Nc1ccc(S(=O)(=O)c2ccccc2)cc1)c1ccc(Cl)c(S(=O)(=O)N2CCCCCC2)c1. The van der Waals surface area contributed by atoms with Gasteiger partial charge in [0.25, 0.3) is 5.91 Å². The molecule has 0 radical (unpaired) electrons. The average molecular weight is 533 g/mol. The summed E-state index contributed by atoms with van der Waals surface area (Å²) in [5, 5.41) is 2.74. The van der Waals surface area contributed by atoms with Crippen molar-refractivity contribution >= 4 is 43.1 Å². The molecule has 3 aromatic rings. The molecule has 184 valence electrons. The number of hydrogen-bond acceptors (Lipinski definition) is 5. The molecule has 1 aliphatic heterocycles. The van der Waals surface area contributed by atoms with Gasteiger partial charge in [-0.1, -0.05) is 42.6 Å². The van der Waals surface area contributed by atoms with Crippen molar-refractivity contribution in [2.45, 2.75) is 40.4 Å². The molecule has 7 nitrogen and oxygen atoms in total. The first-order valence-electron chi connectivity index (χ1n) is 11.2. The maximum atomic E-state index is 13.2. The summed E-state index contributed by atoms with van der Waals surface area (Å²) in [4.78, 5) is 13.0. The van der Waals surface area contributed by atoms with Gasteiger partial charge in [0.05, 0.1) is 14.8 Å². The van der Waals surface area contributed by atoms with Crippen molar-refractivity contribution in [2.75, 3.05) is 18.4 Å². The van der Waals surface area contributed by atoms with Crippen LogP contribution in [0.1, 0.15) is 36.0 Å². The maximum Gasteiger partial charge on any atom is 0.255 e. The lowest BCUT2D eigenvalue weighted by Gasteiger charge is -2.21. The number of carbonyl (C=O) groups is 1. The van der Waals surface area contributed by atoms with Crippen LogP contribution in [0.4, 0.5) is 5.69 Å². The zero-order valence-electron chi connectivity index (χ0n) is 18.9. The number of carbonyl (C=O) groups excluding carboxylic acids is 1. The first kappa shape index (κ1) is 25.4. The van der Waals surface area contributed by atoms with E-state index >= 15 is 0 Å². The van der Waals surface area contributed by atoms with Crippen LogP contribution in [0.5, 0.6) is 0 Å². The van der Waals surface area contributed by atoms with Crippen molar-refractivity contribution in [1.29, 1.82) is 0 Å². The molecule has 1 amide bonds. The molecule has 0 spiro atoms. The van der Waals surface area contributed by atoms with E-state index in [2.05, 4.69) is 5.32 Å². The van der Waals surface area contributed by atoms with Gasteiger partial charge >= 0.3 is 0 Å². The number of hydrogen-bond donors (Lipinski definition) is 1. The molecule has 10 heteroatoms. The third kappa shape index (κ3) is 5.59. The highest BCUT2D eigenvalue weighted by Gasteiger charge is 2.28. The molecule has 35 heavy (non-hydrogen) atoms. The van der Waals surface area contributed by atoms with Gasteiger partial charge < -0.3 is 5.32 Å². The average Bonchev–Trinajstić information content (AvgIpc) is 3.15. The summed E-state index contributed by atoms with van der Waals surface area (Å²) in [7, 11) is -7.51. The van der Waals surface area contributed by atoms with E-state index in [0.717, 1.165) is 25.7 Å². The van der Waals surface area contributed by atoms with Crippen molar-refractivity contribution < 1.29 is 21.6 Å². The number of rotatable bonds is 6. The molecule has 1 heterocycles. The molecule has 0 bridgehead atoms. The van der Waals surface area contributed by atoms with Crippen molar-refractivity contribution in [3.8, 4) is 0 Å². The van der Waals surface area contributed by atoms with Crippen LogP contribution in [0.25, 0.3) is 0 Å². The number of amides is 1. The quantitative estimate of drug-likeness (QED) is 0.482. The van der Waals surface area contributed by atoms with E-state index in [1.165, 1.54) is 58.9 Å². The minimum atomic E-state index is -3.84. The molecule has 1 N–H and O–H groups in total. The van der Waals surface area contributed by atoms with Crippen LogP contribution in [0.15, 0.2) is 87.5 Å². The molecule has 0 atom stereocenters. The smallest absolute Gasteiger partial charge is 0.255 e. The summed E-state index contributed by atoms with van der Waals surface area (Å²) in [6.07, 6.45) is 3.53. The minimum absolute atomic E-state index is 0.0567. The van der Waals surface area contributed by atoms with Crippen LogP contribution in [0.2, 0.25) is 5.02 Å². The van der Waals surface area contributed by atoms with Gasteiger partial charge in [0, 0.05) is 24.3 Å². The van der Waals surface area contributed by atoms with Crippen molar-refractivity contribution in [3.05, 3.63) is 83.4 Å². The van der Waals surface area contributed by atoms with Gasteiger partial charge in [-0.15, -0.1) is 0 Å². The lowest BCUT2D eigenvalue weighted by Crippen LogP contribution is -2.32. The molecule has 0 aromatic heterocycles. The van der Waals surface area contributed by atoms with E-state index < -0.39 is 25.8 Å². The Bertz CT molecular complexity index is 1420. The Morgan fingerprint density at radius 3 is 2.00 bits per heavy atom. The summed E-state index contributed by atoms with van der Waals surface area (Å²) in [6.45, 7) is 0.848. The standard InChI is InChI=1S/C25H25ClN2O5S2/c26-23-15-10-19(18-24(23)35(32,33)28-16-6-1-2-7-17-28)25(29)27-20-11-13-22(14-12-20)34(30,31)21-8-4-3-5-9-21/h3-5,8-15,18H,1-2,6-7,16-17H2,(H,27,29). The van der Waals surface area contributed by atoms with Gasteiger partial charge in [-0.25, -0.2) is 16.8 Å². The highest BCUT2D eigenvalue weighted by molar-refractivity contribution is 7.91. The van der Waals surface area contributed by atoms with E-state index in [-0.39, 0.29) is 25.3 Å². The van der Waals surface area contributed by atoms with E-state index in [1.54, 1.807) is 18.2 Å². The minimum Gasteiger partial charge on any atom is -0.322 e. The van der Waals surface area contributed by atoms with Gasteiger partial charge in [-0.2, -0.15) is 4.31 Å². The summed E-state index contributed by atoms with van der Waals surface area (Å²) in [5.74, 6) is -0.535. The van der Waals surface area contributed by atoms with Crippen molar-refractivity contribution in [3.63, 3.8) is 0 Å². The second-order valence-corrected chi connectivity index (χ2v) is 12.5. The Balaban J connectivity index is 1.54. The second kappa shape index (κ2) is 10.5. The fourth-order valence-electron chi connectivity index (χ4n) is 3.92. The number of anilines is 1. The number of sulfonamides is 1. The Hall–Kier alpha value is -2.72. The van der Waals surface area contributed by atoms with E-state index in [1.807, 2.05) is 0 Å². The first-order valence-corrected chi connectivity index (χ1v) is 14.5. The number of nitrogens with one attached hydrogen (secondary N) is 1. The maximum absolute atomic E-state index is 13.2. The van der Waals surface area contributed by atoms with Crippen LogP contribution in [-0.2, 0) is 19.9 Å². The van der Waals surface area contributed by atoms with Crippen LogP contribution in [0, 0.1) is 0 Å². The highest BCUT2D eigenvalue weighted by Crippen LogP contribution is 2.28. The number of benzene rings is 3. The van der Waals surface area contributed by atoms with Gasteiger partial charge in [0.15, 0.2) is 0 Å². The fraction of sp³-hybridized carbons (Fsp3) is 0.240. The topological polar surface area (TPSA) is 101 Å². The van der Waals surface area contributed by atoms with E-state index in [0.29, 0.717) is 18.8 Å². The van der Waals surface area contributed by atoms with Crippen molar-refractivity contribution in [1.82, 2.24) is 4.31 Å². The third-order valence-electron chi connectivity index (χ3n) is 5.85. The summed E-state index contributed by atoms with van der Waals surface area (Å²) >= 11 is 6.22. The molecule has 0 saturated carbocycles. The monoisotopic (exact) mass is 532 g/mol. The highest BCUT2D eigenvalue weighted by atomic mass is 35.5. The predicted molar refractivity (Wildman–Crippen MR) is 135 cm³/mol. The van der Waals surface area contributed by atoms with E-state index in [4.69, 9.17) is 11.6 Å². The van der Waals surface area contributed by atoms with Crippen molar-refractivity contribution in [2.24, 2.45) is 0 Å². The molecule has 1 saturated heterocycles. The van der Waals surface area contributed by atoms with Crippen LogP contribution < -0.4 is 5.32 Å². The molecule has 4 rings (SSSR count). The fourth-order valence-corrected chi connectivity index (χ4v) is 7.22. The van der Waals surface area contributed by atoms with Gasteiger partial charge in [0.2, 0.25) is 19.9 Å². The number of halogens is 1. The molecule has 0 aliphatic carbocycles. The Kier molecular flexibility index (Phi) is 7.61. The third-order valence-corrected chi connectivity index (χ3v) is 10.0. The lowest BCUT2D eigenvalue weighted by molar-refractivity contribution is 0.102. The largest absolute Gasteiger partial charge is 0.322 e.